The zero-order valence-corrected chi connectivity index (χ0v) is 18.5. The van der Waals surface area contributed by atoms with Crippen molar-refractivity contribution < 1.29 is 0 Å². The molecule has 6 heteroatoms. The SMILES string of the molecule is CCNC(=NCC(C)(C)SC)NC1CC2CCCC(C1)N2C.I. The van der Waals surface area contributed by atoms with Gasteiger partial charge in [-0.1, -0.05) is 6.42 Å². The lowest BCUT2D eigenvalue weighted by Gasteiger charge is -2.47. The van der Waals surface area contributed by atoms with Gasteiger partial charge in [-0.15, -0.1) is 24.0 Å². The van der Waals surface area contributed by atoms with E-state index in [2.05, 4.69) is 49.6 Å². The molecule has 0 amide bonds. The lowest BCUT2D eigenvalue weighted by atomic mass is 9.82. The van der Waals surface area contributed by atoms with E-state index in [1.807, 2.05) is 11.8 Å². The molecule has 0 aromatic heterocycles. The van der Waals surface area contributed by atoms with Crippen molar-refractivity contribution in [2.75, 3.05) is 26.4 Å². The van der Waals surface area contributed by atoms with Crippen molar-refractivity contribution in [3.05, 3.63) is 0 Å². The van der Waals surface area contributed by atoms with E-state index in [-0.39, 0.29) is 28.7 Å². The maximum Gasteiger partial charge on any atom is 0.191 e. The Morgan fingerprint density at radius 1 is 1.26 bits per heavy atom. The summed E-state index contributed by atoms with van der Waals surface area (Å²) in [6, 6.07) is 2.09. The summed E-state index contributed by atoms with van der Waals surface area (Å²) in [6.07, 6.45) is 8.79. The number of hydrogen-bond acceptors (Lipinski definition) is 3. The second-order valence-electron chi connectivity index (χ2n) is 7.38. The first kappa shape index (κ1) is 21.4. The maximum absolute atomic E-state index is 4.82. The van der Waals surface area contributed by atoms with Gasteiger partial charge in [0.1, 0.15) is 0 Å². The predicted octanol–water partition coefficient (Wildman–Crippen LogP) is 3.32. The van der Waals surface area contributed by atoms with Gasteiger partial charge in [-0.2, -0.15) is 11.8 Å². The molecule has 0 aromatic rings. The Morgan fingerprint density at radius 2 is 1.87 bits per heavy atom. The summed E-state index contributed by atoms with van der Waals surface area (Å²) in [5.41, 5.74) is 0. The molecule has 2 atom stereocenters. The molecule has 2 bridgehead atoms. The fourth-order valence-electron chi connectivity index (χ4n) is 3.58. The van der Waals surface area contributed by atoms with Crippen molar-refractivity contribution in [2.45, 2.75) is 75.7 Å². The van der Waals surface area contributed by atoms with E-state index in [1.54, 1.807) is 0 Å². The molecule has 2 aliphatic heterocycles. The van der Waals surface area contributed by atoms with Gasteiger partial charge >= 0.3 is 0 Å². The number of piperidine rings is 2. The lowest BCUT2D eigenvalue weighted by molar-refractivity contribution is 0.0526. The van der Waals surface area contributed by atoms with Gasteiger partial charge in [0.25, 0.3) is 0 Å². The van der Waals surface area contributed by atoms with Crippen molar-refractivity contribution in [2.24, 2.45) is 4.99 Å². The van der Waals surface area contributed by atoms with Gasteiger partial charge in [0, 0.05) is 29.4 Å². The lowest BCUT2D eigenvalue weighted by Crippen LogP contribution is -2.56. The largest absolute Gasteiger partial charge is 0.357 e. The van der Waals surface area contributed by atoms with Crippen LogP contribution in [0.3, 0.4) is 0 Å². The van der Waals surface area contributed by atoms with Gasteiger partial charge in [0.2, 0.25) is 0 Å². The Labute approximate surface area is 164 Å². The monoisotopic (exact) mass is 454 g/mol. The van der Waals surface area contributed by atoms with Gasteiger partial charge in [-0.3, -0.25) is 4.99 Å². The number of halogens is 1. The van der Waals surface area contributed by atoms with Gasteiger partial charge < -0.3 is 15.5 Å². The molecule has 2 rings (SSSR count). The third-order valence-electron chi connectivity index (χ3n) is 5.20. The van der Waals surface area contributed by atoms with Crippen LogP contribution in [0.5, 0.6) is 0 Å². The van der Waals surface area contributed by atoms with E-state index < -0.39 is 0 Å². The van der Waals surface area contributed by atoms with E-state index in [0.717, 1.165) is 31.1 Å². The van der Waals surface area contributed by atoms with Gasteiger partial charge in [-0.05, 0) is 59.8 Å². The molecule has 0 saturated carbocycles. The average Bonchev–Trinajstić information content (AvgIpc) is 2.46. The average molecular weight is 454 g/mol. The number of fused-ring (bicyclic) bond motifs is 2. The second kappa shape index (κ2) is 9.70. The standard InChI is InChI=1S/C17H34N4S.HI/c1-6-18-16(19-12-17(2,3)22-5)20-13-10-14-8-7-9-15(11-13)21(14)4;/h13-15H,6-12H2,1-5H3,(H2,18,19,20);1H. The van der Waals surface area contributed by atoms with Crippen LogP contribution in [-0.2, 0) is 0 Å². The number of nitrogens with zero attached hydrogens (tertiary/aromatic N) is 2. The van der Waals surface area contributed by atoms with Crippen LogP contribution in [0.1, 0.15) is 52.9 Å². The third kappa shape index (κ3) is 6.27. The summed E-state index contributed by atoms with van der Waals surface area (Å²) >= 11 is 1.88. The molecule has 0 radical (unpaired) electrons. The van der Waals surface area contributed by atoms with Crippen LogP contribution >= 0.6 is 35.7 Å². The van der Waals surface area contributed by atoms with Crippen LogP contribution in [-0.4, -0.2) is 60.1 Å². The van der Waals surface area contributed by atoms with Crippen LogP contribution in [0.4, 0.5) is 0 Å². The first-order valence-corrected chi connectivity index (χ1v) is 9.99. The summed E-state index contributed by atoms with van der Waals surface area (Å²) in [6.45, 7) is 8.42. The minimum absolute atomic E-state index is 0. The molecule has 0 spiro atoms. The highest BCUT2D eigenvalue weighted by Gasteiger charge is 2.36. The summed E-state index contributed by atoms with van der Waals surface area (Å²) in [5.74, 6) is 0.997. The Kier molecular flexibility index (Phi) is 9.01. The second-order valence-corrected chi connectivity index (χ2v) is 8.89. The molecule has 23 heavy (non-hydrogen) atoms. The first-order valence-electron chi connectivity index (χ1n) is 8.77. The molecule has 2 fully saturated rings. The highest BCUT2D eigenvalue weighted by atomic mass is 127. The van der Waals surface area contributed by atoms with Crippen molar-refractivity contribution in [3.8, 4) is 0 Å². The van der Waals surface area contributed by atoms with Crippen LogP contribution in [0.2, 0.25) is 0 Å². The van der Waals surface area contributed by atoms with Crippen molar-refractivity contribution >= 4 is 41.7 Å². The predicted molar refractivity (Wildman–Crippen MR) is 114 cm³/mol. The topological polar surface area (TPSA) is 39.7 Å². The van der Waals surface area contributed by atoms with Gasteiger partial charge in [-0.25, -0.2) is 0 Å². The van der Waals surface area contributed by atoms with Crippen LogP contribution in [0, 0.1) is 0 Å². The molecule has 2 aliphatic rings. The van der Waals surface area contributed by atoms with E-state index in [9.17, 15) is 0 Å². The van der Waals surface area contributed by atoms with Crippen LogP contribution in [0.15, 0.2) is 4.99 Å². The zero-order valence-electron chi connectivity index (χ0n) is 15.4. The molecule has 4 nitrogen and oxygen atoms in total. The van der Waals surface area contributed by atoms with Crippen LogP contribution in [0.25, 0.3) is 0 Å². The molecule has 2 unspecified atom stereocenters. The first-order chi connectivity index (χ1) is 10.4. The Morgan fingerprint density at radius 3 is 2.39 bits per heavy atom. The fraction of sp³-hybridized carbons (Fsp3) is 0.941. The van der Waals surface area contributed by atoms with Crippen LogP contribution < -0.4 is 10.6 Å². The molecule has 136 valence electrons. The number of rotatable bonds is 5. The van der Waals surface area contributed by atoms with E-state index in [4.69, 9.17) is 4.99 Å². The van der Waals surface area contributed by atoms with Gasteiger partial charge in [0.05, 0.1) is 6.54 Å². The molecular formula is C17H35IN4S. The highest BCUT2D eigenvalue weighted by Crippen LogP contribution is 2.32. The van der Waals surface area contributed by atoms with Crippen molar-refractivity contribution in [3.63, 3.8) is 0 Å². The number of thioether (sulfide) groups is 1. The number of guanidine groups is 1. The zero-order chi connectivity index (χ0) is 16.2. The molecular weight excluding hydrogens is 419 g/mol. The Balaban J connectivity index is 0.00000264. The number of nitrogens with one attached hydrogen (secondary N) is 2. The maximum atomic E-state index is 4.82. The minimum atomic E-state index is 0. The van der Waals surface area contributed by atoms with E-state index in [0.29, 0.717) is 6.04 Å². The van der Waals surface area contributed by atoms with Gasteiger partial charge in [0.15, 0.2) is 5.96 Å². The fourth-order valence-corrected chi connectivity index (χ4v) is 3.77. The quantitative estimate of drug-likeness (QED) is 0.380. The highest BCUT2D eigenvalue weighted by molar-refractivity contribution is 14.0. The normalized spacial score (nSPS) is 28.9. The summed E-state index contributed by atoms with van der Waals surface area (Å²) in [5, 5.41) is 7.13. The molecule has 2 heterocycles. The molecule has 0 aromatic carbocycles. The molecule has 2 N–H and O–H groups in total. The van der Waals surface area contributed by atoms with E-state index >= 15 is 0 Å². The smallest absolute Gasteiger partial charge is 0.191 e. The summed E-state index contributed by atoms with van der Waals surface area (Å²) < 4.78 is 0.200. The summed E-state index contributed by atoms with van der Waals surface area (Å²) in [4.78, 5) is 7.44. The number of hydrogen-bond donors (Lipinski definition) is 2. The van der Waals surface area contributed by atoms with Crippen molar-refractivity contribution in [1.29, 1.82) is 0 Å². The Bertz CT molecular complexity index is 375. The molecule has 2 saturated heterocycles. The van der Waals surface area contributed by atoms with Crippen molar-refractivity contribution in [1.82, 2.24) is 15.5 Å². The molecule has 0 aliphatic carbocycles. The third-order valence-corrected chi connectivity index (χ3v) is 6.43. The van der Waals surface area contributed by atoms with E-state index in [1.165, 1.54) is 32.1 Å². The minimum Gasteiger partial charge on any atom is -0.357 e. The Hall–Kier alpha value is 0.310. The summed E-state index contributed by atoms with van der Waals surface area (Å²) in [7, 11) is 2.31. The number of aliphatic imine (C=N–C) groups is 1.